The van der Waals surface area contributed by atoms with Gasteiger partial charge in [-0.05, 0) is 6.07 Å². The summed E-state index contributed by atoms with van der Waals surface area (Å²) in [6.07, 6.45) is 1.54. The zero-order chi connectivity index (χ0) is 12.7. The van der Waals surface area contributed by atoms with Crippen molar-refractivity contribution in [3.63, 3.8) is 0 Å². The monoisotopic (exact) mass is 245 g/mol. The number of aromatic amines is 2. The molecule has 0 fully saturated rings. The smallest absolute Gasteiger partial charge is 0.273 e. The lowest BCUT2D eigenvalue weighted by Gasteiger charge is -2.08. The molecular formula is C12H11N3O3. The Morgan fingerprint density at radius 2 is 1.78 bits per heavy atom. The van der Waals surface area contributed by atoms with Gasteiger partial charge in [-0.2, -0.15) is 0 Å². The molecule has 0 aliphatic carbocycles. The van der Waals surface area contributed by atoms with Crippen molar-refractivity contribution in [2.45, 2.75) is 0 Å². The third-order valence-electron chi connectivity index (χ3n) is 2.92. The molecule has 0 saturated heterocycles. The molecule has 0 unspecified atom stereocenters. The number of nitrogens with zero attached hydrogens (tertiary/aromatic N) is 1. The van der Waals surface area contributed by atoms with E-state index in [0.717, 1.165) is 10.9 Å². The van der Waals surface area contributed by atoms with Crippen LogP contribution in [0, 0.1) is 0 Å². The second-order valence-corrected chi connectivity index (χ2v) is 3.85. The topological polar surface area (TPSA) is 80.0 Å². The van der Waals surface area contributed by atoms with Gasteiger partial charge in [0.2, 0.25) is 0 Å². The third-order valence-corrected chi connectivity index (χ3v) is 2.92. The van der Waals surface area contributed by atoms with Crippen LogP contribution in [0.1, 0.15) is 0 Å². The minimum absolute atomic E-state index is 0.186. The number of rotatable bonds is 2. The highest BCUT2D eigenvalue weighted by molar-refractivity contribution is 6.03. The first kappa shape index (κ1) is 10.6. The van der Waals surface area contributed by atoms with E-state index < -0.39 is 0 Å². The van der Waals surface area contributed by atoms with Crippen LogP contribution >= 0.6 is 0 Å². The third kappa shape index (κ3) is 1.35. The second-order valence-electron chi connectivity index (χ2n) is 3.85. The Hall–Kier alpha value is -2.50. The first-order valence-electron chi connectivity index (χ1n) is 5.35. The summed E-state index contributed by atoms with van der Waals surface area (Å²) in [7, 11) is 3.14. The van der Waals surface area contributed by atoms with Crippen molar-refractivity contribution in [2.24, 2.45) is 0 Å². The van der Waals surface area contributed by atoms with Gasteiger partial charge in [-0.25, -0.2) is 0 Å². The molecule has 18 heavy (non-hydrogen) atoms. The molecule has 3 rings (SSSR count). The highest BCUT2D eigenvalue weighted by Crippen LogP contribution is 2.33. The van der Waals surface area contributed by atoms with E-state index in [1.54, 1.807) is 32.5 Å². The summed E-state index contributed by atoms with van der Waals surface area (Å²) >= 11 is 0. The van der Waals surface area contributed by atoms with Gasteiger partial charge >= 0.3 is 0 Å². The van der Waals surface area contributed by atoms with Gasteiger partial charge in [0.05, 0.1) is 30.6 Å². The predicted octanol–water partition coefficient (Wildman–Crippen LogP) is 1.42. The van der Waals surface area contributed by atoms with E-state index in [9.17, 15) is 4.79 Å². The molecule has 0 aliphatic heterocycles. The van der Waals surface area contributed by atoms with Gasteiger partial charge < -0.3 is 9.47 Å². The maximum Gasteiger partial charge on any atom is 0.273 e. The van der Waals surface area contributed by atoms with Gasteiger partial charge in [-0.3, -0.25) is 20.0 Å². The van der Waals surface area contributed by atoms with Crippen molar-refractivity contribution in [3.05, 3.63) is 28.7 Å². The number of methoxy groups -OCH3 is 2. The van der Waals surface area contributed by atoms with E-state index in [2.05, 4.69) is 15.2 Å². The molecule has 6 heteroatoms. The van der Waals surface area contributed by atoms with Crippen molar-refractivity contribution in [3.8, 4) is 11.5 Å². The molecular weight excluding hydrogens is 234 g/mol. The Bertz CT molecular complexity index is 788. The number of hydrogen-bond donors (Lipinski definition) is 2. The van der Waals surface area contributed by atoms with E-state index in [4.69, 9.17) is 9.47 Å². The Morgan fingerprint density at radius 3 is 2.50 bits per heavy atom. The Morgan fingerprint density at radius 1 is 1.06 bits per heavy atom. The molecule has 1 aromatic carbocycles. The molecule has 2 aromatic heterocycles. The van der Waals surface area contributed by atoms with Gasteiger partial charge in [-0.1, -0.05) is 0 Å². The first-order valence-corrected chi connectivity index (χ1v) is 5.35. The molecule has 92 valence electrons. The van der Waals surface area contributed by atoms with Crippen LogP contribution in [-0.4, -0.2) is 29.4 Å². The lowest BCUT2D eigenvalue weighted by molar-refractivity contribution is 0.356. The SMILES string of the molecule is COc1cc2ncc3c(=O)[nH][nH]c3c2cc1OC. The minimum atomic E-state index is -0.186. The molecule has 0 spiro atoms. The normalized spacial score (nSPS) is 11.0. The Labute approximate surface area is 102 Å². The zero-order valence-electron chi connectivity index (χ0n) is 9.90. The fourth-order valence-electron chi connectivity index (χ4n) is 2.01. The average Bonchev–Trinajstić information content (AvgIpc) is 2.79. The molecule has 2 N–H and O–H groups in total. The number of hydrogen-bond acceptors (Lipinski definition) is 4. The largest absolute Gasteiger partial charge is 0.493 e. The fourth-order valence-corrected chi connectivity index (χ4v) is 2.01. The highest BCUT2D eigenvalue weighted by Gasteiger charge is 2.11. The summed E-state index contributed by atoms with van der Waals surface area (Å²) in [5, 5.41) is 6.72. The highest BCUT2D eigenvalue weighted by atomic mass is 16.5. The first-order chi connectivity index (χ1) is 8.74. The van der Waals surface area contributed by atoms with Crippen LogP contribution in [0.5, 0.6) is 11.5 Å². The van der Waals surface area contributed by atoms with Gasteiger partial charge in [0.1, 0.15) is 0 Å². The van der Waals surface area contributed by atoms with Crippen molar-refractivity contribution >= 4 is 21.8 Å². The van der Waals surface area contributed by atoms with Crippen molar-refractivity contribution in [1.29, 1.82) is 0 Å². The Kier molecular flexibility index (Phi) is 2.22. The summed E-state index contributed by atoms with van der Waals surface area (Å²) in [6, 6.07) is 3.58. The van der Waals surface area contributed by atoms with Crippen LogP contribution in [0.2, 0.25) is 0 Å². The summed E-state index contributed by atoms with van der Waals surface area (Å²) < 4.78 is 10.5. The van der Waals surface area contributed by atoms with Crippen molar-refractivity contribution in [1.82, 2.24) is 15.2 Å². The van der Waals surface area contributed by atoms with Gasteiger partial charge in [0, 0.05) is 17.6 Å². The van der Waals surface area contributed by atoms with Crippen LogP contribution in [-0.2, 0) is 0 Å². The predicted molar refractivity (Wildman–Crippen MR) is 67.3 cm³/mol. The van der Waals surface area contributed by atoms with Crippen LogP contribution in [0.15, 0.2) is 23.1 Å². The Balaban J connectivity index is 2.46. The van der Waals surface area contributed by atoms with E-state index in [1.807, 2.05) is 0 Å². The molecule has 0 bridgehead atoms. The van der Waals surface area contributed by atoms with Crippen LogP contribution in [0.4, 0.5) is 0 Å². The van der Waals surface area contributed by atoms with E-state index in [1.165, 1.54) is 0 Å². The second kappa shape index (κ2) is 3.76. The number of H-pyrrole nitrogens is 2. The summed E-state index contributed by atoms with van der Waals surface area (Å²) in [6.45, 7) is 0. The number of benzene rings is 1. The molecule has 2 heterocycles. The zero-order valence-corrected chi connectivity index (χ0v) is 9.90. The number of aromatic nitrogens is 3. The molecule has 0 atom stereocenters. The molecule has 0 saturated carbocycles. The standard InChI is InChI=1S/C12H11N3O3/c1-17-9-3-6-8(4-10(9)18-2)13-5-7-11(6)14-15-12(7)16/h3-5H,1-2H3,(H2,14,15,16). The quantitative estimate of drug-likeness (QED) is 0.715. The average molecular weight is 245 g/mol. The summed E-state index contributed by atoms with van der Waals surface area (Å²) in [5.41, 5.74) is 1.26. The van der Waals surface area contributed by atoms with Crippen molar-refractivity contribution < 1.29 is 9.47 Å². The van der Waals surface area contributed by atoms with Crippen LogP contribution < -0.4 is 15.0 Å². The lowest BCUT2D eigenvalue weighted by Crippen LogP contribution is -1.97. The molecule has 3 aromatic rings. The lowest BCUT2D eigenvalue weighted by atomic mass is 10.1. The van der Waals surface area contributed by atoms with Gasteiger partial charge in [-0.15, -0.1) is 0 Å². The maximum absolute atomic E-state index is 11.5. The van der Waals surface area contributed by atoms with E-state index in [-0.39, 0.29) is 5.56 Å². The minimum Gasteiger partial charge on any atom is -0.493 e. The fraction of sp³-hybridized carbons (Fsp3) is 0.167. The number of ether oxygens (including phenoxy) is 2. The number of fused-ring (bicyclic) bond motifs is 3. The molecule has 0 amide bonds. The van der Waals surface area contributed by atoms with Gasteiger partial charge in [0.25, 0.3) is 5.56 Å². The van der Waals surface area contributed by atoms with Gasteiger partial charge in [0.15, 0.2) is 11.5 Å². The van der Waals surface area contributed by atoms with Crippen LogP contribution in [0.25, 0.3) is 21.8 Å². The number of pyridine rings is 1. The van der Waals surface area contributed by atoms with Crippen molar-refractivity contribution in [2.75, 3.05) is 14.2 Å². The summed E-state index contributed by atoms with van der Waals surface area (Å²) in [5.74, 6) is 1.20. The number of nitrogens with one attached hydrogen (secondary N) is 2. The molecule has 0 aliphatic rings. The van der Waals surface area contributed by atoms with Crippen LogP contribution in [0.3, 0.4) is 0 Å². The molecule has 6 nitrogen and oxygen atoms in total. The summed E-state index contributed by atoms with van der Waals surface area (Å²) in [4.78, 5) is 15.8. The van der Waals surface area contributed by atoms with E-state index in [0.29, 0.717) is 22.4 Å². The van der Waals surface area contributed by atoms with E-state index >= 15 is 0 Å². The molecule has 0 radical (unpaired) electrons. The maximum atomic E-state index is 11.5.